The molecule has 0 unspecified atom stereocenters. The van der Waals surface area contributed by atoms with Crippen LogP contribution in [0.15, 0.2) is 164 Å². The van der Waals surface area contributed by atoms with Gasteiger partial charge in [-0.25, -0.2) is 9.97 Å². The average molecular weight is 860 g/mol. The molecule has 1 aliphatic carbocycles. The zero-order valence-electron chi connectivity index (χ0n) is 38.8. The van der Waals surface area contributed by atoms with Crippen LogP contribution < -0.4 is 4.90 Å². The van der Waals surface area contributed by atoms with E-state index >= 15 is 0 Å². The third-order valence-electron chi connectivity index (χ3n) is 14.9. The topological polar surface area (TPSA) is 29.0 Å². The maximum atomic E-state index is 5.66. The number of fused-ring (bicyclic) bond motifs is 7. The van der Waals surface area contributed by atoms with Gasteiger partial charge in [-0.1, -0.05) is 200 Å². The highest BCUT2D eigenvalue weighted by Crippen LogP contribution is 2.56. The van der Waals surface area contributed by atoms with Gasteiger partial charge in [0.2, 0.25) is 0 Å². The molecule has 0 amide bonds. The van der Waals surface area contributed by atoms with E-state index in [2.05, 4.69) is 183 Å². The number of benzene rings is 9. The van der Waals surface area contributed by atoms with Gasteiger partial charge in [0.15, 0.2) is 0 Å². The van der Waals surface area contributed by atoms with Crippen molar-refractivity contribution in [2.24, 2.45) is 0 Å². The molecule has 9 aromatic carbocycles. The second-order valence-electron chi connectivity index (χ2n) is 19.1. The summed E-state index contributed by atoms with van der Waals surface area (Å²) in [5, 5.41) is 7.50. The molecule has 0 radical (unpaired) electrons. The number of unbranched alkanes of at least 4 members (excludes halogenated alkanes) is 10. The summed E-state index contributed by atoms with van der Waals surface area (Å²) in [4.78, 5) is 13.6. The predicted octanol–water partition coefficient (Wildman–Crippen LogP) is 18.6. The molecule has 0 aliphatic heterocycles. The number of hydrogen-bond donors (Lipinski definition) is 0. The van der Waals surface area contributed by atoms with Gasteiger partial charge in [0, 0.05) is 33.2 Å². The van der Waals surface area contributed by atoms with Crippen LogP contribution in [-0.4, -0.2) is 9.97 Å². The largest absolute Gasteiger partial charge is 0.311 e. The smallest absolute Gasteiger partial charge is 0.0979 e. The van der Waals surface area contributed by atoms with E-state index in [0.29, 0.717) is 0 Å². The van der Waals surface area contributed by atoms with E-state index in [1.165, 1.54) is 143 Å². The number of hydrogen-bond acceptors (Lipinski definition) is 3. The summed E-state index contributed by atoms with van der Waals surface area (Å²) in [6.45, 7) is 4.64. The van der Waals surface area contributed by atoms with Gasteiger partial charge < -0.3 is 4.90 Å². The summed E-state index contributed by atoms with van der Waals surface area (Å²) in [5.74, 6) is 0. The number of aromatic nitrogens is 2. The minimum Gasteiger partial charge on any atom is -0.311 e. The van der Waals surface area contributed by atoms with Gasteiger partial charge in [-0.3, -0.25) is 0 Å². The Balaban J connectivity index is 1.05. The Morgan fingerprint density at radius 3 is 1.44 bits per heavy atom. The molecule has 0 fully saturated rings. The molecule has 0 saturated carbocycles. The lowest BCUT2D eigenvalue weighted by Gasteiger charge is -2.33. The van der Waals surface area contributed by atoms with Gasteiger partial charge in [-0.05, 0) is 122 Å². The van der Waals surface area contributed by atoms with Gasteiger partial charge in [-0.2, -0.15) is 0 Å². The van der Waals surface area contributed by atoms with Crippen molar-refractivity contribution < 1.29 is 0 Å². The summed E-state index contributed by atoms with van der Waals surface area (Å²) in [6, 6.07) is 60.8. The van der Waals surface area contributed by atoms with E-state index < -0.39 is 0 Å². The monoisotopic (exact) mass is 859 g/mol. The van der Waals surface area contributed by atoms with Gasteiger partial charge in [0.25, 0.3) is 0 Å². The van der Waals surface area contributed by atoms with Crippen molar-refractivity contribution in [3.63, 3.8) is 0 Å². The SMILES string of the molecule is CCCCCCCCC1(CCCCCCCC)c2cc(-c3ccc(N(c4ccccc4)c4ccccc4)cc3)ccc2-c2cc3nc4c5cccc6ccc7cccc(c4nc3cc21)c7c65. The first-order chi connectivity index (χ1) is 32.6. The van der Waals surface area contributed by atoms with Crippen molar-refractivity contribution in [1.82, 2.24) is 9.97 Å². The number of anilines is 3. The van der Waals surface area contributed by atoms with Crippen LogP contribution in [0.5, 0.6) is 0 Å². The molecule has 3 nitrogen and oxygen atoms in total. The van der Waals surface area contributed by atoms with E-state index in [9.17, 15) is 0 Å². The zero-order chi connectivity index (χ0) is 44.5. The second kappa shape index (κ2) is 18.4. The zero-order valence-corrected chi connectivity index (χ0v) is 38.8. The number of rotatable bonds is 18. The quantitative estimate of drug-likeness (QED) is 0.0489. The Hall–Kier alpha value is -6.58. The third-order valence-corrected chi connectivity index (χ3v) is 14.9. The Bertz CT molecular complexity index is 3220. The Morgan fingerprint density at radius 1 is 0.394 bits per heavy atom. The molecular formula is C63H61N3. The Morgan fingerprint density at radius 2 is 0.879 bits per heavy atom. The third kappa shape index (κ3) is 7.57. The van der Waals surface area contributed by atoms with Crippen molar-refractivity contribution in [3.8, 4) is 22.3 Å². The van der Waals surface area contributed by atoms with Crippen LogP contribution in [-0.2, 0) is 5.41 Å². The minimum absolute atomic E-state index is 0.0997. The van der Waals surface area contributed by atoms with E-state index in [0.717, 1.165) is 52.0 Å². The lowest BCUT2D eigenvalue weighted by atomic mass is 9.70. The van der Waals surface area contributed by atoms with E-state index in [1.54, 1.807) is 0 Å². The summed E-state index contributed by atoms with van der Waals surface area (Å²) in [6.07, 6.45) is 17.8. The first-order valence-electron chi connectivity index (χ1n) is 25.1. The standard InChI is InChI=1S/C63H61N3/c1-3-5-7-9-11-19-39-63(40-20-12-10-8-6-4-2)55-41-47(44-33-36-50(37-34-44)66(48-25-15-13-16-26-48)49-27-17-14-18-28-49)35-38-51(55)54-42-57-58(43-56(54)63)65-62-53-30-22-24-46-32-31-45-23-21-29-52(61(62)64-57)59(45)60(46)53/h13-18,21-38,41-43H,3-12,19-20,39-40H2,1-2H3. The lowest BCUT2D eigenvalue weighted by Crippen LogP contribution is -2.25. The Kier molecular flexibility index (Phi) is 11.7. The predicted molar refractivity (Wildman–Crippen MR) is 283 cm³/mol. The molecule has 10 aromatic rings. The van der Waals surface area contributed by atoms with Crippen LogP contribution in [0.3, 0.4) is 0 Å². The van der Waals surface area contributed by atoms with Crippen molar-refractivity contribution >= 4 is 71.4 Å². The lowest BCUT2D eigenvalue weighted by molar-refractivity contribution is 0.398. The molecule has 0 N–H and O–H groups in total. The molecule has 0 saturated heterocycles. The summed E-state index contributed by atoms with van der Waals surface area (Å²) < 4.78 is 0. The van der Waals surface area contributed by atoms with Gasteiger partial charge in [0.05, 0.1) is 22.1 Å². The highest BCUT2D eigenvalue weighted by atomic mass is 15.1. The Labute approximate surface area is 390 Å². The van der Waals surface area contributed by atoms with Gasteiger partial charge in [-0.15, -0.1) is 0 Å². The fourth-order valence-electron chi connectivity index (χ4n) is 11.6. The highest BCUT2D eigenvalue weighted by Gasteiger charge is 2.43. The van der Waals surface area contributed by atoms with E-state index in [-0.39, 0.29) is 5.41 Å². The summed E-state index contributed by atoms with van der Waals surface area (Å²) in [7, 11) is 0. The van der Waals surface area contributed by atoms with Crippen molar-refractivity contribution in [2.75, 3.05) is 4.90 Å². The molecule has 0 bridgehead atoms. The van der Waals surface area contributed by atoms with Crippen molar-refractivity contribution in [2.45, 2.75) is 109 Å². The molecule has 11 rings (SSSR count). The van der Waals surface area contributed by atoms with Crippen LogP contribution in [0.2, 0.25) is 0 Å². The maximum absolute atomic E-state index is 5.66. The maximum Gasteiger partial charge on any atom is 0.0979 e. The fraction of sp³-hybridized carbons (Fsp3) is 0.270. The van der Waals surface area contributed by atoms with Crippen LogP contribution in [0.4, 0.5) is 17.1 Å². The van der Waals surface area contributed by atoms with Crippen LogP contribution >= 0.6 is 0 Å². The average Bonchev–Trinajstić information content (AvgIpc) is 3.62. The molecule has 1 heterocycles. The highest BCUT2D eigenvalue weighted by molar-refractivity contribution is 6.32. The number of nitrogens with zero attached hydrogens (tertiary/aromatic N) is 3. The van der Waals surface area contributed by atoms with Gasteiger partial charge >= 0.3 is 0 Å². The summed E-state index contributed by atoms with van der Waals surface area (Å²) >= 11 is 0. The normalized spacial score (nSPS) is 13.1. The molecule has 3 heteroatoms. The van der Waals surface area contributed by atoms with E-state index in [1.807, 2.05) is 0 Å². The van der Waals surface area contributed by atoms with Crippen molar-refractivity contribution in [1.29, 1.82) is 0 Å². The molecule has 328 valence electrons. The molecule has 0 spiro atoms. The molecular weight excluding hydrogens is 799 g/mol. The molecule has 66 heavy (non-hydrogen) atoms. The van der Waals surface area contributed by atoms with Crippen LogP contribution in [0.1, 0.15) is 115 Å². The first kappa shape index (κ1) is 42.1. The summed E-state index contributed by atoms with van der Waals surface area (Å²) in [5.41, 5.74) is 15.6. The fourth-order valence-corrected chi connectivity index (χ4v) is 11.6. The van der Waals surface area contributed by atoms with Crippen LogP contribution in [0.25, 0.3) is 76.6 Å². The van der Waals surface area contributed by atoms with E-state index in [4.69, 9.17) is 9.97 Å². The minimum atomic E-state index is -0.0997. The molecule has 1 aromatic heterocycles. The van der Waals surface area contributed by atoms with Crippen LogP contribution in [0, 0.1) is 0 Å². The molecule has 1 aliphatic rings. The number of para-hydroxylation sites is 2. The second-order valence-corrected chi connectivity index (χ2v) is 19.1. The van der Waals surface area contributed by atoms with Crippen molar-refractivity contribution in [3.05, 3.63) is 175 Å². The van der Waals surface area contributed by atoms with Gasteiger partial charge in [0.1, 0.15) is 0 Å². The molecule has 0 atom stereocenters. The first-order valence-corrected chi connectivity index (χ1v) is 25.1.